The first-order chi connectivity index (χ1) is 6.74. The zero-order chi connectivity index (χ0) is 10.6. The minimum Gasteiger partial charge on any atom is -0.329 e. The van der Waals surface area contributed by atoms with E-state index in [1.54, 1.807) is 0 Å². The van der Waals surface area contributed by atoms with Crippen LogP contribution in [0.15, 0.2) is 6.58 Å². The maximum atomic E-state index is 5.52. The molecule has 78 valence electrons. The normalized spacial score (nSPS) is 10.5. The van der Waals surface area contributed by atoms with Crippen molar-refractivity contribution in [2.45, 2.75) is 33.2 Å². The molecule has 1 heterocycles. The first-order valence-electron chi connectivity index (χ1n) is 5.13. The highest BCUT2D eigenvalue weighted by Crippen LogP contribution is 2.16. The van der Waals surface area contributed by atoms with Gasteiger partial charge in [-0.2, -0.15) is 5.10 Å². The Kier molecular flexibility index (Phi) is 3.89. The second kappa shape index (κ2) is 4.96. The first kappa shape index (κ1) is 11.0. The van der Waals surface area contributed by atoms with Gasteiger partial charge in [-0.1, -0.05) is 19.9 Å². The summed E-state index contributed by atoms with van der Waals surface area (Å²) in [5.41, 5.74) is 9.08. The van der Waals surface area contributed by atoms with Crippen LogP contribution in [0.2, 0.25) is 0 Å². The molecule has 0 spiro atoms. The van der Waals surface area contributed by atoms with Crippen molar-refractivity contribution in [1.82, 2.24) is 9.78 Å². The number of aryl methyl sites for hydroxylation is 1. The van der Waals surface area contributed by atoms with E-state index >= 15 is 0 Å². The van der Waals surface area contributed by atoms with Crippen molar-refractivity contribution in [2.24, 2.45) is 5.73 Å². The Bertz CT molecular complexity index is 313. The Morgan fingerprint density at radius 1 is 1.57 bits per heavy atom. The van der Waals surface area contributed by atoms with Gasteiger partial charge in [0, 0.05) is 12.1 Å². The Labute approximate surface area is 85.6 Å². The molecule has 0 aliphatic heterocycles. The highest BCUT2D eigenvalue weighted by Gasteiger charge is 2.10. The van der Waals surface area contributed by atoms with E-state index in [1.165, 1.54) is 5.56 Å². The average Bonchev–Trinajstić information content (AvgIpc) is 2.44. The highest BCUT2D eigenvalue weighted by molar-refractivity contribution is 5.49. The minimum atomic E-state index is 0.619. The summed E-state index contributed by atoms with van der Waals surface area (Å²) in [6.45, 7) is 9.44. The van der Waals surface area contributed by atoms with Gasteiger partial charge in [0.2, 0.25) is 0 Å². The van der Waals surface area contributed by atoms with Gasteiger partial charge in [-0.25, -0.2) is 0 Å². The third-order valence-corrected chi connectivity index (χ3v) is 2.33. The quantitative estimate of drug-likeness (QED) is 0.774. The Morgan fingerprint density at radius 2 is 2.29 bits per heavy atom. The van der Waals surface area contributed by atoms with Gasteiger partial charge in [-0.3, -0.25) is 4.68 Å². The Hall–Kier alpha value is -1.09. The van der Waals surface area contributed by atoms with E-state index in [0.717, 1.165) is 30.8 Å². The molecule has 0 atom stereocenters. The van der Waals surface area contributed by atoms with Crippen molar-refractivity contribution in [2.75, 3.05) is 6.54 Å². The highest BCUT2D eigenvalue weighted by atomic mass is 15.3. The summed E-state index contributed by atoms with van der Waals surface area (Å²) in [5, 5.41) is 4.46. The molecule has 0 fully saturated rings. The van der Waals surface area contributed by atoms with Crippen molar-refractivity contribution in [3.63, 3.8) is 0 Å². The molecule has 0 aliphatic carbocycles. The summed E-state index contributed by atoms with van der Waals surface area (Å²) >= 11 is 0. The molecule has 1 aromatic rings. The van der Waals surface area contributed by atoms with Crippen LogP contribution in [-0.4, -0.2) is 16.3 Å². The molecular weight excluding hydrogens is 174 g/mol. The molecule has 2 N–H and O–H groups in total. The van der Waals surface area contributed by atoms with E-state index < -0.39 is 0 Å². The zero-order valence-electron chi connectivity index (χ0n) is 9.08. The van der Waals surface area contributed by atoms with E-state index in [4.69, 9.17) is 5.73 Å². The summed E-state index contributed by atoms with van der Waals surface area (Å²) < 4.78 is 1.95. The molecule has 0 amide bonds. The lowest BCUT2D eigenvalue weighted by Gasteiger charge is -2.03. The molecule has 0 saturated heterocycles. The summed E-state index contributed by atoms with van der Waals surface area (Å²) in [6, 6.07) is 0. The number of rotatable bonds is 5. The molecule has 1 aromatic heterocycles. The third kappa shape index (κ3) is 2.04. The fourth-order valence-electron chi connectivity index (χ4n) is 1.72. The van der Waals surface area contributed by atoms with E-state index in [9.17, 15) is 0 Å². The van der Waals surface area contributed by atoms with Gasteiger partial charge in [0.25, 0.3) is 0 Å². The molecule has 1 rings (SSSR count). The third-order valence-electron chi connectivity index (χ3n) is 2.33. The molecule has 3 nitrogen and oxygen atoms in total. The maximum absolute atomic E-state index is 5.52. The van der Waals surface area contributed by atoms with Crippen LogP contribution >= 0.6 is 0 Å². The molecule has 0 bridgehead atoms. The van der Waals surface area contributed by atoms with Crippen LogP contribution in [0.4, 0.5) is 0 Å². The number of nitrogens with two attached hydrogens (primary N) is 1. The van der Waals surface area contributed by atoms with Gasteiger partial charge in [0.1, 0.15) is 0 Å². The number of hydrogen-bond donors (Lipinski definition) is 1. The van der Waals surface area contributed by atoms with Gasteiger partial charge in [-0.05, 0) is 19.4 Å². The van der Waals surface area contributed by atoms with Crippen LogP contribution in [-0.2, 0) is 13.0 Å². The number of hydrogen-bond acceptors (Lipinski definition) is 2. The van der Waals surface area contributed by atoms with Crippen LogP contribution in [0, 0.1) is 6.92 Å². The lowest BCUT2D eigenvalue weighted by molar-refractivity contribution is 0.614. The van der Waals surface area contributed by atoms with Crippen LogP contribution in [0.3, 0.4) is 0 Å². The van der Waals surface area contributed by atoms with Crippen LogP contribution < -0.4 is 5.73 Å². The lowest BCUT2D eigenvalue weighted by Crippen LogP contribution is -2.12. The SMILES string of the molecule is C=Cc1c(CCC)c(C)nn1CCN. The van der Waals surface area contributed by atoms with Crippen molar-refractivity contribution >= 4 is 6.08 Å². The molecule has 0 unspecified atom stereocenters. The summed E-state index contributed by atoms with van der Waals surface area (Å²) in [5.74, 6) is 0. The van der Waals surface area contributed by atoms with Gasteiger partial charge < -0.3 is 5.73 Å². The molecule has 0 saturated carbocycles. The molecule has 0 aromatic carbocycles. The standard InChI is InChI=1S/C11H19N3/c1-4-6-10-9(3)13-14(8-7-12)11(10)5-2/h5H,2,4,6-8,12H2,1,3H3. The van der Waals surface area contributed by atoms with E-state index in [-0.39, 0.29) is 0 Å². The van der Waals surface area contributed by atoms with Crippen molar-refractivity contribution in [1.29, 1.82) is 0 Å². The fraction of sp³-hybridized carbons (Fsp3) is 0.545. The van der Waals surface area contributed by atoms with Gasteiger partial charge in [-0.15, -0.1) is 0 Å². The largest absolute Gasteiger partial charge is 0.329 e. The summed E-state index contributed by atoms with van der Waals surface area (Å²) in [4.78, 5) is 0. The maximum Gasteiger partial charge on any atom is 0.0639 e. The molecule has 14 heavy (non-hydrogen) atoms. The van der Waals surface area contributed by atoms with Crippen LogP contribution in [0.1, 0.15) is 30.3 Å². The molecule has 0 radical (unpaired) electrons. The molecule has 0 aliphatic rings. The summed E-state index contributed by atoms with van der Waals surface area (Å²) in [6.07, 6.45) is 4.08. The van der Waals surface area contributed by atoms with Gasteiger partial charge in [0.15, 0.2) is 0 Å². The van der Waals surface area contributed by atoms with E-state index in [0.29, 0.717) is 6.54 Å². The Morgan fingerprint density at radius 3 is 2.79 bits per heavy atom. The van der Waals surface area contributed by atoms with Crippen LogP contribution in [0.5, 0.6) is 0 Å². The van der Waals surface area contributed by atoms with Crippen LogP contribution in [0.25, 0.3) is 6.08 Å². The molecule has 3 heteroatoms. The average molecular weight is 193 g/mol. The number of aromatic nitrogens is 2. The number of nitrogens with zero attached hydrogens (tertiary/aromatic N) is 2. The van der Waals surface area contributed by atoms with Crippen molar-refractivity contribution in [3.05, 3.63) is 23.5 Å². The second-order valence-electron chi connectivity index (χ2n) is 3.42. The Balaban J connectivity index is 3.07. The minimum absolute atomic E-state index is 0.619. The van der Waals surface area contributed by atoms with E-state index in [2.05, 4.69) is 18.6 Å². The topological polar surface area (TPSA) is 43.8 Å². The van der Waals surface area contributed by atoms with Gasteiger partial charge >= 0.3 is 0 Å². The van der Waals surface area contributed by atoms with E-state index in [1.807, 2.05) is 17.7 Å². The molecular formula is C11H19N3. The van der Waals surface area contributed by atoms with Crippen molar-refractivity contribution in [3.8, 4) is 0 Å². The predicted octanol–water partition coefficient (Wildman–Crippen LogP) is 1.75. The fourth-order valence-corrected chi connectivity index (χ4v) is 1.72. The lowest BCUT2D eigenvalue weighted by atomic mass is 10.1. The second-order valence-corrected chi connectivity index (χ2v) is 3.42. The van der Waals surface area contributed by atoms with Gasteiger partial charge in [0.05, 0.1) is 17.9 Å². The first-order valence-corrected chi connectivity index (χ1v) is 5.13. The zero-order valence-corrected chi connectivity index (χ0v) is 9.08. The van der Waals surface area contributed by atoms with Crippen molar-refractivity contribution < 1.29 is 0 Å². The summed E-state index contributed by atoms with van der Waals surface area (Å²) in [7, 11) is 0. The predicted molar refractivity (Wildman–Crippen MR) is 60.1 cm³/mol. The smallest absolute Gasteiger partial charge is 0.0639 e. The monoisotopic (exact) mass is 193 g/mol.